The van der Waals surface area contributed by atoms with Gasteiger partial charge in [0.05, 0.1) is 15.7 Å². The molecule has 0 unspecified atom stereocenters. The molecule has 2 aromatic carbocycles. The standard InChI is InChI=1S/C13H11Cl2FN2O2S/c1-18(12-5-3-2-4-11(12)16)21(19,20)13-9(14)6-8(17)7-10(13)15/h2-7H,17H2,1H3. The second-order valence-corrected chi connectivity index (χ2v) is 6.96. The van der Waals surface area contributed by atoms with E-state index < -0.39 is 15.8 Å². The molecule has 0 spiro atoms. The molecule has 0 aromatic heterocycles. The molecule has 4 nitrogen and oxygen atoms in total. The highest BCUT2D eigenvalue weighted by atomic mass is 35.5. The normalized spacial score (nSPS) is 11.4. The van der Waals surface area contributed by atoms with E-state index in [1.165, 1.54) is 37.4 Å². The van der Waals surface area contributed by atoms with Crippen molar-refractivity contribution in [3.63, 3.8) is 0 Å². The van der Waals surface area contributed by atoms with Gasteiger partial charge in [0.1, 0.15) is 10.7 Å². The Kier molecular flexibility index (Phi) is 4.32. The highest BCUT2D eigenvalue weighted by Crippen LogP contribution is 2.35. The Balaban J connectivity index is 2.61. The summed E-state index contributed by atoms with van der Waals surface area (Å²) in [7, 11) is -2.90. The van der Waals surface area contributed by atoms with Crippen molar-refractivity contribution < 1.29 is 12.8 Å². The van der Waals surface area contributed by atoms with Crippen LogP contribution in [0.3, 0.4) is 0 Å². The highest BCUT2D eigenvalue weighted by molar-refractivity contribution is 7.93. The second-order valence-electron chi connectivity index (χ2n) is 4.24. The van der Waals surface area contributed by atoms with Gasteiger partial charge in [0.25, 0.3) is 10.0 Å². The summed E-state index contributed by atoms with van der Waals surface area (Å²) in [5.74, 6) is -0.675. The van der Waals surface area contributed by atoms with E-state index in [1.54, 1.807) is 0 Å². The number of benzene rings is 2. The van der Waals surface area contributed by atoms with E-state index >= 15 is 0 Å². The first-order chi connectivity index (χ1) is 9.75. The van der Waals surface area contributed by atoms with Crippen molar-refractivity contribution >= 4 is 44.6 Å². The van der Waals surface area contributed by atoms with Crippen molar-refractivity contribution in [1.29, 1.82) is 0 Å². The highest BCUT2D eigenvalue weighted by Gasteiger charge is 2.28. The van der Waals surface area contributed by atoms with E-state index in [4.69, 9.17) is 28.9 Å². The molecule has 0 radical (unpaired) electrons. The Morgan fingerprint density at radius 2 is 1.67 bits per heavy atom. The zero-order valence-corrected chi connectivity index (χ0v) is 13.2. The van der Waals surface area contributed by atoms with Gasteiger partial charge in [-0.3, -0.25) is 4.31 Å². The van der Waals surface area contributed by atoms with Crippen molar-refractivity contribution in [2.75, 3.05) is 17.1 Å². The average Bonchev–Trinajstić information content (AvgIpc) is 2.36. The van der Waals surface area contributed by atoms with E-state index in [0.29, 0.717) is 0 Å². The van der Waals surface area contributed by atoms with Crippen molar-refractivity contribution in [3.8, 4) is 0 Å². The monoisotopic (exact) mass is 348 g/mol. The lowest BCUT2D eigenvalue weighted by molar-refractivity contribution is 0.590. The molecule has 2 rings (SSSR count). The lowest BCUT2D eigenvalue weighted by Crippen LogP contribution is -2.28. The van der Waals surface area contributed by atoms with Crippen LogP contribution in [0.4, 0.5) is 15.8 Å². The minimum absolute atomic E-state index is 0.110. The number of nitrogen functional groups attached to an aromatic ring is 1. The predicted molar refractivity (Wildman–Crippen MR) is 82.9 cm³/mol. The van der Waals surface area contributed by atoms with Crippen LogP contribution in [0, 0.1) is 5.82 Å². The summed E-state index contributed by atoms with van der Waals surface area (Å²) in [4.78, 5) is -0.314. The lowest BCUT2D eigenvalue weighted by Gasteiger charge is -2.21. The van der Waals surface area contributed by atoms with Crippen LogP contribution in [-0.2, 0) is 10.0 Å². The zero-order valence-electron chi connectivity index (χ0n) is 10.8. The Hall–Kier alpha value is -1.50. The van der Waals surface area contributed by atoms with E-state index in [1.807, 2.05) is 0 Å². The number of rotatable bonds is 3. The summed E-state index contributed by atoms with van der Waals surface area (Å²) in [6, 6.07) is 8.03. The maximum Gasteiger partial charge on any atom is 0.267 e. The first kappa shape index (κ1) is 15.9. The second kappa shape index (κ2) is 5.71. The largest absolute Gasteiger partial charge is 0.399 e. The van der Waals surface area contributed by atoms with Crippen molar-refractivity contribution in [3.05, 3.63) is 52.3 Å². The number of anilines is 2. The van der Waals surface area contributed by atoms with Crippen LogP contribution in [0.15, 0.2) is 41.3 Å². The van der Waals surface area contributed by atoms with E-state index in [0.717, 1.165) is 10.4 Å². The van der Waals surface area contributed by atoms with Gasteiger partial charge >= 0.3 is 0 Å². The molecule has 0 aliphatic rings. The number of sulfonamides is 1. The molecule has 0 atom stereocenters. The van der Waals surface area contributed by atoms with Crippen LogP contribution in [-0.4, -0.2) is 15.5 Å². The van der Waals surface area contributed by atoms with Crippen molar-refractivity contribution in [2.45, 2.75) is 4.90 Å². The van der Waals surface area contributed by atoms with E-state index in [9.17, 15) is 12.8 Å². The van der Waals surface area contributed by atoms with Crippen LogP contribution < -0.4 is 10.0 Å². The number of nitrogens with two attached hydrogens (primary N) is 1. The lowest BCUT2D eigenvalue weighted by atomic mass is 10.3. The molecule has 0 heterocycles. The third-order valence-corrected chi connectivity index (χ3v) is 5.52. The summed E-state index contributed by atoms with van der Waals surface area (Å²) in [6.45, 7) is 0. The molecule has 0 bridgehead atoms. The van der Waals surface area contributed by atoms with Gasteiger partial charge in [-0.05, 0) is 24.3 Å². The molecular formula is C13H11Cl2FN2O2S. The van der Waals surface area contributed by atoms with Crippen LogP contribution in [0.5, 0.6) is 0 Å². The van der Waals surface area contributed by atoms with Crippen LogP contribution in [0.25, 0.3) is 0 Å². The number of nitrogens with zero attached hydrogens (tertiary/aromatic N) is 1. The number of hydrogen-bond donors (Lipinski definition) is 1. The van der Waals surface area contributed by atoms with Gasteiger partial charge < -0.3 is 5.73 Å². The Morgan fingerprint density at radius 3 is 2.19 bits per heavy atom. The molecule has 0 fully saturated rings. The molecule has 0 saturated carbocycles. The third kappa shape index (κ3) is 2.92. The zero-order chi connectivity index (χ0) is 15.8. The maximum absolute atomic E-state index is 13.8. The summed E-state index contributed by atoms with van der Waals surface area (Å²) in [6.07, 6.45) is 0. The third-order valence-electron chi connectivity index (χ3n) is 2.83. The summed E-state index contributed by atoms with van der Waals surface area (Å²) in [5.41, 5.74) is 5.67. The molecular weight excluding hydrogens is 338 g/mol. The van der Waals surface area contributed by atoms with Gasteiger partial charge in [-0.25, -0.2) is 12.8 Å². The molecule has 8 heteroatoms. The SMILES string of the molecule is CN(c1ccccc1F)S(=O)(=O)c1c(Cl)cc(N)cc1Cl. The molecule has 2 N–H and O–H groups in total. The molecule has 21 heavy (non-hydrogen) atoms. The van der Waals surface area contributed by atoms with Crippen LogP contribution in [0.1, 0.15) is 0 Å². The minimum atomic E-state index is -4.12. The van der Waals surface area contributed by atoms with Gasteiger partial charge in [0, 0.05) is 12.7 Å². The van der Waals surface area contributed by atoms with Crippen LogP contribution >= 0.6 is 23.2 Å². The van der Waals surface area contributed by atoms with Crippen molar-refractivity contribution in [2.24, 2.45) is 0 Å². The molecule has 0 aliphatic heterocycles. The predicted octanol–water partition coefficient (Wildman–Crippen LogP) is 3.54. The van der Waals surface area contributed by atoms with Gasteiger partial charge in [-0.15, -0.1) is 0 Å². The molecule has 2 aromatic rings. The van der Waals surface area contributed by atoms with Gasteiger partial charge in [-0.1, -0.05) is 35.3 Å². The molecule has 0 amide bonds. The molecule has 0 saturated heterocycles. The smallest absolute Gasteiger partial charge is 0.267 e. The Labute approximate surface area is 131 Å². The van der Waals surface area contributed by atoms with Gasteiger partial charge in [0.15, 0.2) is 0 Å². The number of para-hydroxylation sites is 1. The minimum Gasteiger partial charge on any atom is -0.399 e. The number of halogens is 3. The fourth-order valence-corrected chi connectivity index (χ4v) is 4.18. The van der Waals surface area contributed by atoms with Crippen LogP contribution in [0.2, 0.25) is 10.0 Å². The Morgan fingerprint density at radius 1 is 1.14 bits per heavy atom. The molecule has 112 valence electrons. The molecule has 0 aliphatic carbocycles. The number of hydrogen-bond acceptors (Lipinski definition) is 3. The summed E-state index contributed by atoms with van der Waals surface area (Å²) >= 11 is 11.9. The van der Waals surface area contributed by atoms with Gasteiger partial charge in [-0.2, -0.15) is 0 Å². The summed E-state index contributed by atoms with van der Waals surface area (Å²) in [5, 5.41) is -0.244. The van der Waals surface area contributed by atoms with Gasteiger partial charge in [0.2, 0.25) is 0 Å². The quantitative estimate of drug-likeness (QED) is 0.862. The van der Waals surface area contributed by atoms with Crippen molar-refractivity contribution in [1.82, 2.24) is 0 Å². The maximum atomic E-state index is 13.8. The topological polar surface area (TPSA) is 63.4 Å². The summed E-state index contributed by atoms with van der Waals surface area (Å²) < 4.78 is 39.7. The van der Waals surface area contributed by atoms with E-state index in [2.05, 4.69) is 0 Å². The Bertz CT molecular complexity index is 774. The fraction of sp³-hybridized carbons (Fsp3) is 0.0769. The fourth-order valence-electron chi connectivity index (χ4n) is 1.80. The van der Waals surface area contributed by atoms with E-state index in [-0.39, 0.29) is 26.3 Å². The first-order valence-electron chi connectivity index (χ1n) is 5.73. The average molecular weight is 349 g/mol. The first-order valence-corrected chi connectivity index (χ1v) is 7.92.